The van der Waals surface area contributed by atoms with E-state index in [-0.39, 0.29) is 6.04 Å². The number of para-hydroxylation sites is 1. The summed E-state index contributed by atoms with van der Waals surface area (Å²) < 4.78 is 11.1. The Bertz CT molecular complexity index is 1160. The molecular formula is C24H24N4O2. The Morgan fingerprint density at radius 1 is 1.10 bits per heavy atom. The smallest absolute Gasteiger partial charge is 0.126 e. The number of pyridine rings is 1. The highest BCUT2D eigenvalue weighted by Crippen LogP contribution is 2.28. The maximum absolute atomic E-state index is 5.79. The molecule has 1 fully saturated rings. The molecule has 1 aliphatic heterocycles. The molecule has 0 amide bonds. The molecule has 3 heterocycles. The zero-order valence-electron chi connectivity index (χ0n) is 16.9. The van der Waals surface area contributed by atoms with Gasteiger partial charge in [-0.2, -0.15) is 0 Å². The normalized spacial score (nSPS) is 17.3. The SMILES string of the molecule is COc1cccc(-c2cnc([C@@H]3COCCN3Cc3cnc4ccccc4c3)[nH]2)c1. The van der Waals surface area contributed by atoms with Crippen molar-refractivity contribution in [2.24, 2.45) is 0 Å². The second-order valence-corrected chi connectivity index (χ2v) is 7.51. The molecule has 5 rings (SSSR count). The largest absolute Gasteiger partial charge is 0.497 e. The Morgan fingerprint density at radius 2 is 2.03 bits per heavy atom. The van der Waals surface area contributed by atoms with Crippen molar-refractivity contribution in [3.8, 4) is 17.0 Å². The van der Waals surface area contributed by atoms with Crippen molar-refractivity contribution in [3.05, 3.63) is 78.4 Å². The number of ether oxygens (including phenoxy) is 2. The van der Waals surface area contributed by atoms with Crippen molar-refractivity contribution in [1.82, 2.24) is 19.9 Å². The van der Waals surface area contributed by atoms with Gasteiger partial charge in [0.05, 0.1) is 43.8 Å². The minimum Gasteiger partial charge on any atom is -0.497 e. The lowest BCUT2D eigenvalue weighted by atomic mass is 10.1. The summed E-state index contributed by atoms with van der Waals surface area (Å²) in [5.74, 6) is 1.75. The molecule has 2 aromatic heterocycles. The molecule has 1 atom stereocenters. The van der Waals surface area contributed by atoms with Gasteiger partial charge in [0, 0.05) is 30.2 Å². The van der Waals surface area contributed by atoms with Crippen LogP contribution in [0, 0.1) is 0 Å². The van der Waals surface area contributed by atoms with Crippen molar-refractivity contribution >= 4 is 10.9 Å². The molecule has 6 nitrogen and oxygen atoms in total. The van der Waals surface area contributed by atoms with E-state index in [1.54, 1.807) is 7.11 Å². The van der Waals surface area contributed by atoms with Gasteiger partial charge < -0.3 is 14.5 Å². The minimum atomic E-state index is 0.0737. The van der Waals surface area contributed by atoms with Crippen LogP contribution in [0.1, 0.15) is 17.4 Å². The van der Waals surface area contributed by atoms with Crippen LogP contribution < -0.4 is 4.74 Å². The van der Waals surface area contributed by atoms with Crippen LogP contribution in [-0.2, 0) is 11.3 Å². The number of benzene rings is 2. The second-order valence-electron chi connectivity index (χ2n) is 7.51. The quantitative estimate of drug-likeness (QED) is 0.544. The van der Waals surface area contributed by atoms with Crippen LogP contribution >= 0.6 is 0 Å². The van der Waals surface area contributed by atoms with Gasteiger partial charge in [-0.3, -0.25) is 9.88 Å². The van der Waals surface area contributed by atoms with Crippen molar-refractivity contribution in [2.45, 2.75) is 12.6 Å². The van der Waals surface area contributed by atoms with Gasteiger partial charge in [0.2, 0.25) is 0 Å². The summed E-state index contributed by atoms with van der Waals surface area (Å²) in [4.78, 5) is 15.2. The number of imidazole rings is 1. The van der Waals surface area contributed by atoms with Crippen LogP contribution in [0.3, 0.4) is 0 Å². The van der Waals surface area contributed by atoms with Gasteiger partial charge in [0.25, 0.3) is 0 Å². The first-order valence-corrected chi connectivity index (χ1v) is 10.1. The molecule has 0 radical (unpaired) electrons. The van der Waals surface area contributed by atoms with Crippen molar-refractivity contribution in [1.29, 1.82) is 0 Å². The summed E-state index contributed by atoms with van der Waals surface area (Å²) in [6, 6.07) is 18.5. The fourth-order valence-corrected chi connectivity index (χ4v) is 3.96. The van der Waals surface area contributed by atoms with E-state index in [4.69, 9.17) is 9.47 Å². The molecule has 0 saturated carbocycles. The molecule has 1 N–H and O–H groups in total. The molecule has 0 bridgehead atoms. The third-order valence-electron chi connectivity index (χ3n) is 5.56. The topological polar surface area (TPSA) is 63.3 Å². The minimum absolute atomic E-state index is 0.0737. The maximum Gasteiger partial charge on any atom is 0.126 e. The van der Waals surface area contributed by atoms with E-state index in [0.717, 1.165) is 53.4 Å². The third kappa shape index (κ3) is 3.79. The molecule has 1 saturated heterocycles. The van der Waals surface area contributed by atoms with Crippen LogP contribution in [0.4, 0.5) is 0 Å². The predicted octanol–water partition coefficient (Wildman–Crippen LogP) is 4.21. The zero-order chi connectivity index (χ0) is 20.3. The van der Waals surface area contributed by atoms with Gasteiger partial charge >= 0.3 is 0 Å². The second kappa shape index (κ2) is 8.26. The van der Waals surface area contributed by atoms with Crippen LogP contribution in [-0.4, -0.2) is 46.7 Å². The molecule has 0 unspecified atom stereocenters. The lowest BCUT2D eigenvalue weighted by Gasteiger charge is -2.34. The first-order chi connectivity index (χ1) is 14.8. The van der Waals surface area contributed by atoms with Gasteiger partial charge in [-0.05, 0) is 29.8 Å². The molecule has 152 valence electrons. The Balaban J connectivity index is 1.39. The van der Waals surface area contributed by atoms with Gasteiger partial charge in [0.1, 0.15) is 11.6 Å². The van der Waals surface area contributed by atoms with E-state index in [1.165, 1.54) is 5.56 Å². The standard InChI is InChI=1S/C24H24N4O2/c1-29-20-7-4-6-19(12-20)22-14-26-24(27-22)23-16-30-10-9-28(23)15-17-11-18-5-2-3-8-21(18)25-13-17/h2-8,11-14,23H,9-10,15-16H2,1H3,(H,26,27)/t23-/m0/s1. The number of rotatable bonds is 5. The summed E-state index contributed by atoms with van der Waals surface area (Å²) in [5, 5.41) is 1.16. The summed E-state index contributed by atoms with van der Waals surface area (Å²) in [6.07, 6.45) is 3.85. The molecule has 30 heavy (non-hydrogen) atoms. The average Bonchev–Trinajstić information content (AvgIpc) is 3.30. The van der Waals surface area contributed by atoms with Gasteiger partial charge in [-0.1, -0.05) is 30.3 Å². The summed E-state index contributed by atoms with van der Waals surface area (Å²) in [6.45, 7) is 3.00. The third-order valence-corrected chi connectivity index (χ3v) is 5.56. The number of aromatic amines is 1. The van der Waals surface area contributed by atoms with Crippen molar-refractivity contribution in [2.75, 3.05) is 26.9 Å². The zero-order valence-corrected chi connectivity index (χ0v) is 16.9. The van der Waals surface area contributed by atoms with Crippen LogP contribution in [0.25, 0.3) is 22.2 Å². The Kier molecular flexibility index (Phi) is 5.17. The van der Waals surface area contributed by atoms with E-state index < -0.39 is 0 Å². The van der Waals surface area contributed by atoms with Gasteiger partial charge in [-0.25, -0.2) is 4.98 Å². The van der Waals surface area contributed by atoms with Crippen LogP contribution in [0.5, 0.6) is 5.75 Å². The van der Waals surface area contributed by atoms with Crippen LogP contribution in [0.15, 0.2) is 67.0 Å². The number of nitrogens with zero attached hydrogens (tertiary/aromatic N) is 3. The number of methoxy groups -OCH3 is 1. The fraction of sp³-hybridized carbons (Fsp3) is 0.250. The fourth-order valence-electron chi connectivity index (χ4n) is 3.96. The molecular weight excluding hydrogens is 376 g/mol. The van der Waals surface area contributed by atoms with E-state index in [1.807, 2.05) is 48.8 Å². The average molecular weight is 400 g/mol. The molecule has 2 aromatic carbocycles. The number of aromatic nitrogens is 3. The van der Waals surface area contributed by atoms with E-state index in [0.29, 0.717) is 6.61 Å². The maximum atomic E-state index is 5.79. The summed E-state index contributed by atoms with van der Waals surface area (Å²) in [5.41, 5.74) is 4.24. The monoisotopic (exact) mass is 400 g/mol. The van der Waals surface area contributed by atoms with E-state index >= 15 is 0 Å². The first kappa shape index (κ1) is 18.8. The molecule has 0 spiro atoms. The van der Waals surface area contributed by atoms with Gasteiger partial charge in [0.15, 0.2) is 0 Å². The van der Waals surface area contributed by atoms with E-state index in [9.17, 15) is 0 Å². The highest BCUT2D eigenvalue weighted by molar-refractivity contribution is 5.78. The number of hydrogen-bond acceptors (Lipinski definition) is 5. The summed E-state index contributed by atoms with van der Waals surface area (Å²) >= 11 is 0. The van der Waals surface area contributed by atoms with E-state index in [2.05, 4.69) is 38.1 Å². The Hall–Kier alpha value is -3.22. The number of morpholine rings is 1. The number of hydrogen-bond donors (Lipinski definition) is 1. The van der Waals surface area contributed by atoms with Crippen molar-refractivity contribution in [3.63, 3.8) is 0 Å². The van der Waals surface area contributed by atoms with Crippen molar-refractivity contribution < 1.29 is 9.47 Å². The molecule has 6 heteroatoms. The first-order valence-electron chi connectivity index (χ1n) is 10.1. The number of nitrogens with one attached hydrogen (secondary N) is 1. The van der Waals surface area contributed by atoms with Gasteiger partial charge in [-0.15, -0.1) is 0 Å². The highest BCUT2D eigenvalue weighted by Gasteiger charge is 2.27. The summed E-state index contributed by atoms with van der Waals surface area (Å²) in [7, 11) is 1.68. The van der Waals surface area contributed by atoms with Crippen LogP contribution in [0.2, 0.25) is 0 Å². The molecule has 1 aliphatic rings. The lowest BCUT2D eigenvalue weighted by molar-refractivity contribution is -0.0156. The highest BCUT2D eigenvalue weighted by atomic mass is 16.5. The Labute approximate surface area is 175 Å². The molecule has 0 aliphatic carbocycles. The number of fused-ring (bicyclic) bond motifs is 1. The predicted molar refractivity (Wildman–Crippen MR) is 116 cm³/mol. The molecule has 4 aromatic rings. The Morgan fingerprint density at radius 3 is 2.97 bits per heavy atom. The lowest BCUT2D eigenvalue weighted by Crippen LogP contribution is -2.39. The number of H-pyrrole nitrogens is 1.